The predicted octanol–water partition coefficient (Wildman–Crippen LogP) is 4.14. The summed E-state index contributed by atoms with van der Waals surface area (Å²) in [6.45, 7) is 2.28. The van der Waals surface area contributed by atoms with Gasteiger partial charge in [-0.3, -0.25) is 0 Å². The van der Waals surface area contributed by atoms with Crippen LogP contribution in [0.3, 0.4) is 0 Å². The van der Waals surface area contributed by atoms with Gasteiger partial charge in [0.25, 0.3) is 0 Å². The van der Waals surface area contributed by atoms with Crippen molar-refractivity contribution in [1.29, 1.82) is 0 Å². The van der Waals surface area contributed by atoms with Gasteiger partial charge in [-0.1, -0.05) is 45.4 Å². The van der Waals surface area contributed by atoms with E-state index in [1.807, 2.05) is 0 Å². The van der Waals surface area contributed by atoms with Gasteiger partial charge in [0.05, 0.1) is 0 Å². The number of hydrogen-bond donors (Lipinski definition) is 0. The van der Waals surface area contributed by atoms with E-state index in [2.05, 4.69) is 16.2 Å². The van der Waals surface area contributed by atoms with Crippen molar-refractivity contribution in [3.8, 4) is 0 Å². The maximum atomic E-state index is 3.12. The Morgan fingerprint density at radius 3 is 2.33 bits per heavy atom. The van der Waals surface area contributed by atoms with E-state index < -0.39 is 0 Å². The SMILES string of the molecule is CCCCCCC1(P)CCCC1. The van der Waals surface area contributed by atoms with Crippen LogP contribution in [0, 0.1) is 0 Å². The quantitative estimate of drug-likeness (QED) is 0.447. The van der Waals surface area contributed by atoms with E-state index in [1.54, 1.807) is 0 Å². The summed E-state index contributed by atoms with van der Waals surface area (Å²) in [5.41, 5.74) is 0. The molecule has 1 atom stereocenters. The fourth-order valence-corrected chi connectivity index (χ4v) is 2.85. The monoisotopic (exact) mass is 186 g/mol. The molecule has 0 aliphatic heterocycles. The van der Waals surface area contributed by atoms with Crippen LogP contribution in [0.2, 0.25) is 0 Å². The third-order valence-electron chi connectivity index (χ3n) is 3.13. The van der Waals surface area contributed by atoms with Crippen LogP contribution in [0.4, 0.5) is 0 Å². The first-order valence-corrected chi connectivity index (χ1v) is 6.13. The van der Waals surface area contributed by atoms with Crippen LogP contribution in [-0.4, -0.2) is 5.16 Å². The fourth-order valence-electron chi connectivity index (χ4n) is 2.23. The topological polar surface area (TPSA) is 0 Å². The standard InChI is InChI=1S/C11H23P/c1-2-3-4-5-8-11(12)9-6-7-10-11/h2-10,12H2,1H3. The molecule has 1 unspecified atom stereocenters. The summed E-state index contributed by atoms with van der Waals surface area (Å²) in [6, 6.07) is 0. The molecule has 1 fully saturated rings. The highest BCUT2D eigenvalue weighted by atomic mass is 31.0. The van der Waals surface area contributed by atoms with E-state index in [0.29, 0.717) is 5.16 Å². The first-order valence-electron chi connectivity index (χ1n) is 5.56. The van der Waals surface area contributed by atoms with Crippen molar-refractivity contribution < 1.29 is 0 Å². The fraction of sp³-hybridized carbons (Fsp3) is 1.00. The van der Waals surface area contributed by atoms with E-state index in [4.69, 9.17) is 0 Å². The lowest BCUT2D eigenvalue weighted by Gasteiger charge is -2.22. The minimum Gasteiger partial charge on any atom is -0.131 e. The average molecular weight is 186 g/mol. The molecule has 12 heavy (non-hydrogen) atoms. The lowest BCUT2D eigenvalue weighted by Crippen LogP contribution is -2.14. The first-order chi connectivity index (χ1) is 5.77. The van der Waals surface area contributed by atoms with Crippen molar-refractivity contribution in [2.75, 3.05) is 0 Å². The van der Waals surface area contributed by atoms with E-state index in [-0.39, 0.29) is 0 Å². The Kier molecular flexibility index (Phi) is 4.57. The zero-order valence-corrected chi connectivity index (χ0v) is 9.60. The van der Waals surface area contributed by atoms with E-state index in [9.17, 15) is 0 Å². The molecular formula is C11H23P. The van der Waals surface area contributed by atoms with Crippen molar-refractivity contribution in [2.45, 2.75) is 69.9 Å². The minimum atomic E-state index is 0.660. The third-order valence-corrected chi connectivity index (χ3v) is 3.99. The summed E-state index contributed by atoms with van der Waals surface area (Å²) in [5.74, 6) is 0. The lowest BCUT2D eigenvalue weighted by molar-refractivity contribution is 0.508. The Labute approximate surface area is 79.7 Å². The molecule has 0 saturated heterocycles. The summed E-state index contributed by atoms with van der Waals surface area (Å²) in [6.07, 6.45) is 13.0. The maximum absolute atomic E-state index is 3.12. The predicted molar refractivity (Wildman–Crippen MR) is 59.7 cm³/mol. The van der Waals surface area contributed by atoms with Crippen LogP contribution in [0.15, 0.2) is 0 Å². The highest BCUT2D eigenvalue weighted by molar-refractivity contribution is 7.19. The highest BCUT2D eigenvalue weighted by Crippen LogP contribution is 2.41. The molecular weight excluding hydrogens is 163 g/mol. The van der Waals surface area contributed by atoms with Crippen LogP contribution < -0.4 is 0 Å². The summed E-state index contributed by atoms with van der Waals surface area (Å²) in [7, 11) is 3.12. The number of unbranched alkanes of at least 4 members (excludes halogenated alkanes) is 3. The molecule has 1 heteroatoms. The van der Waals surface area contributed by atoms with Crippen molar-refractivity contribution in [3.05, 3.63) is 0 Å². The molecule has 0 bridgehead atoms. The first kappa shape index (κ1) is 10.5. The molecule has 1 aliphatic carbocycles. The Hall–Kier alpha value is 0.430. The second-order valence-corrected chi connectivity index (χ2v) is 5.60. The molecule has 1 rings (SSSR count). The number of hydrogen-bond acceptors (Lipinski definition) is 0. The molecule has 1 saturated carbocycles. The third kappa shape index (κ3) is 3.44. The molecule has 1 aliphatic rings. The van der Waals surface area contributed by atoms with Crippen molar-refractivity contribution >= 4 is 9.24 Å². The van der Waals surface area contributed by atoms with E-state index in [1.165, 1.54) is 57.8 Å². The van der Waals surface area contributed by atoms with Gasteiger partial charge in [0, 0.05) is 0 Å². The molecule has 0 spiro atoms. The van der Waals surface area contributed by atoms with Gasteiger partial charge < -0.3 is 0 Å². The maximum Gasteiger partial charge on any atom is -0.0150 e. The molecule has 0 amide bonds. The summed E-state index contributed by atoms with van der Waals surface area (Å²) >= 11 is 0. The largest absolute Gasteiger partial charge is 0.131 e. The van der Waals surface area contributed by atoms with Crippen molar-refractivity contribution in [3.63, 3.8) is 0 Å². The second kappa shape index (κ2) is 5.22. The van der Waals surface area contributed by atoms with Gasteiger partial charge in [-0.05, 0) is 24.4 Å². The van der Waals surface area contributed by atoms with Crippen molar-refractivity contribution in [1.82, 2.24) is 0 Å². The minimum absolute atomic E-state index is 0.660. The molecule has 0 N–H and O–H groups in total. The van der Waals surface area contributed by atoms with Crippen LogP contribution in [-0.2, 0) is 0 Å². The van der Waals surface area contributed by atoms with Gasteiger partial charge in [0.15, 0.2) is 0 Å². The normalized spacial score (nSPS) is 21.5. The molecule has 0 radical (unpaired) electrons. The Morgan fingerprint density at radius 1 is 1.08 bits per heavy atom. The summed E-state index contributed by atoms with van der Waals surface area (Å²) < 4.78 is 0. The van der Waals surface area contributed by atoms with Crippen LogP contribution in [0.25, 0.3) is 0 Å². The Balaban J connectivity index is 2.05. The summed E-state index contributed by atoms with van der Waals surface area (Å²) in [5, 5.41) is 0.660. The van der Waals surface area contributed by atoms with Crippen LogP contribution >= 0.6 is 9.24 Å². The second-order valence-electron chi connectivity index (χ2n) is 4.38. The van der Waals surface area contributed by atoms with Crippen LogP contribution in [0.1, 0.15) is 64.7 Å². The lowest BCUT2D eigenvalue weighted by atomic mass is 9.98. The van der Waals surface area contributed by atoms with Gasteiger partial charge >= 0.3 is 0 Å². The smallest absolute Gasteiger partial charge is 0.0150 e. The molecule has 72 valence electrons. The molecule has 0 aromatic carbocycles. The molecule has 0 heterocycles. The zero-order chi connectivity index (χ0) is 8.86. The molecule has 0 nitrogen and oxygen atoms in total. The summed E-state index contributed by atoms with van der Waals surface area (Å²) in [4.78, 5) is 0. The zero-order valence-electron chi connectivity index (χ0n) is 8.44. The average Bonchev–Trinajstić information content (AvgIpc) is 2.47. The molecule has 0 aromatic rings. The Morgan fingerprint density at radius 2 is 1.75 bits per heavy atom. The number of rotatable bonds is 5. The molecule has 0 aromatic heterocycles. The van der Waals surface area contributed by atoms with Gasteiger partial charge in [0.2, 0.25) is 0 Å². The van der Waals surface area contributed by atoms with E-state index in [0.717, 1.165) is 0 Å². The van der Waals surface area contributed by atoms with Gasteiger partial charge in [-0.25, -0.2) is 0 Å². The highest BCUT2D eigenvalue weighted by Gasteiger charge is 2.27. The van der Waals surface area contributed by atoms with Gasteiger partial charge in [-0.2, -0.15) is 0 Å². The van der Waals surface area contributed by atoms with Crippen LogP contribution in [0.5, 0.6) is 0 Å². The Bertz CT molecular complexity index is 114. The van der Waals surface area contributed by atoms with E-state index >= 15 is 0 Å². The van der Waals surface area contributed by atoms with Crippen molar-refractivity contribution in [2.24, 2.45) is 0 Å². The van der Waals surface area contributed by atoms with Gasteiger partial charge in [0.1, 0.15) is 0 Å². The van der Waals surface area contributed by atoms with Gasteiger partial charge in [-0.15, -0.1) is 9.24 Å².